The molecule has 1 saturated heterocycles. The lowest BCUT2D eigenvalue weighted by Gasteiger charge is -2.19. The Balaban J connectivity index is 1.36. The van der Waals surface area contributed by atoms with Crippen LogP contribution in [0.15, 0.2) is 29.3 Å². The summed E-state index contributed by atoms with van der Waals surface area (Å²) in [5.41, 5.74) is 1.58. The zero-order valence-electron chi connectivity index (χ0n) is 15.4. The number of nitrogens with one attached hydrogen (secondary N) is 2. The molecule has 1 saturated carbocycles. The van der Waals surface area contributed by atoms with Crippen LogP contribution in [-0.2, 0) is 5.41 Å². The lowest BCUT2D eigenvalue weighted by atomic mass is 9.96. The van der Waals surface area contributed by atoms with Crippen LogP contribution in [0.4, 0.5) is 0 Å². The van der Waals surface area contributed by atoms with Gasteiger partial charge in [0, 0.05) is 30.6 Å². The van der Waals surface area contributed by atoms with Gasteiger partial charge in [0.15, 0.2) is 5.96 Å². The molecule has 1 aromatic carbocycles. The minimum Gasteiger partial charge on any atom is -0.356 e. The molecule has 1 aromatic rings. The van der Waals surface area contributed by atoms with E-state index >= 15 is 0 Å². The normalized spacial score (nSPS) is 19.8. The number of hydrogen-bond acceptors (Lipinski definition) is 2. The van der Waals surface area contributed by atoms with Crippen LogP contribution in [0.1, 0.15) is 44.1 Å². The maximum Gasteiger partial charge on any atom is 0.191 e. The average molecular weight is 363 g/mol. The summed E-state index contributed by atoms with van der Waals surface area (Å²) in [5.74, 6) is 0.912. The molecule has 1 heterocycles. The topological polar surface area (TPSA) is 39.7 Å². The number of benzene rings is 1. The van der Waals surface area contributed by atoms with Crippen molar-refractivity contribution in [1.82, 2.24) is 15.5 Å². The third kappa shape index (κ3) is 5.35. The number of guanidine groups is 1. The van der Waals surface area contributed by atoms with Crippen LogP contribution < -0.4 is 10.6 Å². The third-order valence-electron chi connectivity index (χ3n) is 5.50. The molecule has 0 radical (unpaired) electrons. The summed E-state index contributed by atoms with van der Waals surface area (Å²) in [7, 11) is 1.85. The van der Waals surface area contributed by atoms with Crippen LogP contribution in [0, 0.1) is 0 Å². The van der Waals surface area contributed by atoms with Gasteiger partial charge < -0.3 is 15.5 Å². The van der Waals surface area contributed by atoms with Gasteiger partial charge in [0.05, 0.1) is 0 Å². The van der Waals surface area contributed by atoms with Crippen LogP contribution in [0.2, 0.25) is 5.02 Å². The second kappa shape index (κ2) is 8.91. The van der Waals surface area contributed by atoms with Crippen molar-refractivity contribution in [3.05, 3.63) is 34.9 Å². The van der Waals surface area contributed by atoms with E-state index in [-0.39, 0.29) is 5.41 Å². The Morgan fingerprint density at radius 3 is 2.68 bits per heavy atom. The maximum atomic E-state index is 6.15. The van der Waals surface area contributed by atoms with Crippen molar-refractivity contribution < 1.29 is 0 Å². The summed E-state index contributed by atoms with van der Waals surface area (Å²) >= 11 is 6.15. The number of likely N-dealkylation sites (tertiary alicyclic amines) is 1. The predicted octanol–water partition coefficient (Wildman–Crippen LogP) is 3.41. The SMILES string of the molecule is CN=C(NCCCCN1CCCC1)NCC1(c2cccc(Cl)c2)CC1. The molecule has 2 aliphatic rings. The number of halogens is 1. The van der Waals surface area contributed by atoms with Crippen LogP contribution in [-0.4, -0.2) is 50.6 Å². The summed E-state index contributed by atoms with van der Waals surface area (Å²) in [6.07, 6.45) is 7.64. The average Bonchev–Trinajstić information content (AvgIpc) is 3.24. The summed E-state index contributed by atoms with van der Waals surface area (Å²) in [4.78, 5) is 6.94. The molecule has 2 N–H and O–H groups in total. The minimum atomic E-state index is 0.234. The van der Waals surface area contributed by atoms with Gasteiger partial charge in [-0.1, -0.05) is 23.7 Å². The first-order valence-electron chi connectivity index (χ1n) is 9.65. The number of nitrogens with zero attached hydrogens (tertiary/aromatic N) is 2. The monoisotopic (exact) mass is 362 g/mol. The molecule has 4 nitrogen and oxygen atoms in total. The second-order valence-electron chi connectivity index (χ2n) is 7.40. The molecule has 0 amide bonds. The lowest BCUT2D eigenvalue weighted by Crippen LogP contribution is -2.41. The number of rotatable bonds is 8. The zero-order valence-corrected chi connectivity index (χ0v) is 16.1. The molecule has 1 aliphatic carbocycles. The van der Waals surface area contributed by atoms with Gasteiger partial charge in [0.1, 0.15) is 0 Å². The second-order valence-corrected chi connectivity index (χ2v) is 7.84. The number of unbranched alkanes of at least 4 members (excludes halogenated alkanes) is 1. The molecular weight excluding hydrogens is 332 g/mol. The predicted molar refractivity (Wildman–Crippen MR) is 107 cm³/mol. The Hall–Kier alpha value is -1.26. The van der Waals surface area contributed by atoms with Crippen molar-refractivity contribution >= 4 is 17.6 Å². The van der Waals surface area contributed by atoms with E-state index in [1.165, 1.54) is 63.7 Å². The maximum absolute atomic E-state index is 6.15. The highest BCUT2D eigenvalue weighted by molar-refractivity contribution is 6.30. The number of hydrogen-bond donors (Lipinski definition) is 2. The lowest BCUT2D eigenvalue weighted by molar-refractivity contribution is 0.330. The Labute approximate surface area is 157 Å². The first kappa shape index (κ1) is 18.5. The standard InChI is InChI=1S/C20H31ClN4/c1-22-19(23-11-2-3-12-25-13-4-5-14-25)24-16-20(9-10-20)17-7-6-8-18(21)15-17/h6-8,15H,2-5,9-14,16H2,1H3,(H2,22,23,24). The van der Waals surface area contributed by atoms with E-state index in [4.69, 9.17) is 11.6 Å². The fourth-order valence-electron chi connectivity index (χ4n) is 3.68. The summed E-state index contributed by atoms with van der Waals surface area (Å²) in [5, 5.41) is 7.78. The molecular formula is C20H31ClN4. The summed E-state index contributed by atoms with van der Waals surface area (Å²) in [6, 6.07) is 8.28. The third-order valence-corrected chi connectivity index (χ3v) is 5.74. The molecule has 0 atom stereocenters. The fourth-order valence-corrected chi connectivity index (χ4v) is 3.87. The molecule has 0 bridgehead atoms. The first-order chi connectivity index (χ1) is 12.2. The van der Waals surface area contributed by atoms with Crippen molar-refractivity contribution in [3.8, 4) is 0 Å². The summed E-state index contributed by atoms with van der Waals surface area (Å²) < 4.78 is 0. The molecule has 0 spiro atoms. The molecule has 5 heteroatoms. The molecule has 0 aromatic heterocycles. The summed E-state index contributed by atoms with van der Waals surface area (Å²) in [6.45, 7) is 5.73. The van der Waals surface area contributed by atoms with Crippen molar-refractivity contribution in [2.45, 2.75) is 43.9 Å². The molecule has 2 fully saturated rings. The highest BCUT2D eigenvalue weighted by atomic mass is 35.5. The van der Waals surface area contributed by atoms with Gasteiger partial charge in [-0.25, -0.2) is 0 Å². The molecule has 3 rings (SSSR count). The fraction of sp³-hybridized carbons (Fsp3) is 0.650. The molecule has 25 heavy (non-hydrogen) atoms. The first-order valence-corrected chi connectivity index (χ1v) is 10.0. The van der Waals surface area contributed by atoms with Crippen molar-refractivity contribution in [2.24, 2.45) is 4.99 Å². The van der Waals surface area contributed by atoms with Crippen molar-refractivity contribution in [3.63, 3.8) is 0 Å². The highest BCUT2D eigenvalue weighted by Gasteiger charge is 2.44. The van der Waals surface area contributed by atoms with Crippen molar-refractivity contribution in [2.75, 3.05) is 39.8 Å². The van der Waals surface area contributed by atoms with Gasteiger partial charge >= 0.3 is 0 Å². The Morgan fingerprint density at radius 2 is 2.00 bits per heavy atom. The van der Waals surface area contributed by atoms with Gasteiger partial charge in [-0.3, -0.25) is 4.99 Å². The largest absolute Gasteiger partial charge is 0.356 e. The van der Waals surface area contributed by atoms with E-state index in [1.807, 2.05) is 19.2 Å². The smallest absolute Gasteiger partial charge is 0.191 e. The molecule has 1 aliphatic heterocycles. The van der Waals surface area contributed by atoms with Crippen LogP contribution in [0.5, 0.6) is 0 Å². The van der Waals surface area contributed by atoms with Crippen LogP contribution in [0.25, 0.3) is 0 Å². The number of aliphatic imine (C=N–C) groups is 1. The van der Waals surface area contributed by atoms with Gasteiger partial charge in [0.25, 0.3) is 0 Å². The zero-order chi connectivity index (χ0) is 17.5. The Kier molecular flexibility index (Phi) is 6.60. The van der Waals surface area contributed by atoms with E-state index in [0.717, 1.165) is 24.1 Å². The van der Waals surface area contributed by atoms with Crippen LogP contribution >= 0.6 is 11.6 Å². The van der Waals surface area contributed by atoms with E-state index in [2.05, 4.69) is 32.7 Å². The quantitative estimate of drug-likeness (QED) is 0.423. The minimum absolute atomic E-state index is 0.234. The Morgan fingerprint density at radius 1 is 1.20 bits per heavy atom. The van der Waals surface area contributed by atoms with Gasteiger partial charge in [0.2, 0.25) is 0 Å². The Bertz CT molecular complexity index is 577. The van der Waals surface area contributed by atoms with E-state index in [9.17, 15) is 0 Å². The van der Waals surface area contributed by atoms with Crippen LogP contribution in [0.3, 0.4) is 0 Å². The van der Waals surface area contributed by atoms with Gasteiger partial charge in [-0.2, -0.15) is 0 Å². The van der Waals surface area contributed by atoms with E-state index in [0.29, 0.717) is 0 Å². The highest BCUT2D eigenvalue weighted by Crippen LogP contribution is 2.48. The van der Waals surface area contributed by atoms with E-state index < -0.39 is 0 Å². The molecule has 0 unspecified atom stereocenters. The van der Waals surface area contributed by atoms with Gasteiger partial charge in [-0.05, 0) is 75.9 Å². The molecule has 138 valence electrons. The van der Waals surface area contributed by atoms with Crippen molar-refractivity contribution in [1.29, 1.82) is 0 Å². The van der Waals surface area contributed by atoms with Gasteiger partial charge in [-0.15, -0.1) is 0 Å². The van der Waals surface area contributed by atoms with E-state index in [1.54, 1.807) is 0 Å².